The topological polar surface area (TPSA) is 348 Å². The molecule has 0 amide bonds. The summed E-state index contributed by atoms with van der Waals surface area (Å²) in [5.74, 6) is 6.01. The lowest BCUT2D eigenvalue weighted by molar-refractivity contribution is 0.300. The lowest BCUT2D eigenvalue weighted by Crippen LogP contribution is -2.34. The van der Waals surface area contributed by atoms with E-state index in [1.807, 2.05) is 72.8 Å². The number of fused-ring (bicyclic) bond motifs is 9. The van der Waals surface area contributed by atoms with Crippen molar-refractivity contribution in [3.8, 4) is 52.5 Å². The van der Waals surface area contributed by atoms with Gasteiger partial charge < -0.3 is 71.2 Å². The van der Waals surface area contributed by atoms with Crippen molar-refractivity contribution in [2.75, 3.05) is 37.0 Å². The van der Waals surface area contributed by atoms with Crippen LogP contribution in [-0.4, -0.2) is 90.5 Å². The van der Waals surface area contributed by atoms with Crippen molar-refractivity contribution in [2.45, 2.75) is 148 Å². The van der Waals surface area contributed by atoms with E-state index in [1.165, 1.54) is 74.5 Å². The highest BCUT2D eigenvalue weighted by atomic mass is 16.5. The number of aromatic nitrogens is 12. The Morgan fingerprint density at radius 3 is 1.17 bits per heavy atom. The largest absolute Gasteiger partial charge is 0.463 e. The van der Waals surface area contributed by atoms with E-state index in [4.69, 9.17) is 45.6 Å². The summed E-state index contributed by atoms with van der Waals surface area (Å²) in [5, 5.41) is 7.19. The van der Waals surface area contributed by atoms with Crippen LogP contribution in [0.15, 0.2) is 178 Å². The number of allylic oxidation sites excluding steroid dienone is 3. The van der Waals surface area contributed by atoms with Gasteiger partial charge in [0, 0.05) is 25.2 Å². The molecule has 12 aromatic rings. The zero-order valence-electron chi connectivity index (χ0n) is 61.2. The second kappa shape index (κ2) is 33.1. The zero-order valence-corrected chi connectivity index (χ0v) is 61.2. The molecule has 0 atom stereocenters. The van der Waals surface area contributed by atoms with Gasteiger partial charge in [0.25, 0.3) is 0 Å². The zero-order chi connectivity index (χ0) is 74.9. The summed E-state index contributed by atoms with van der Waals surface area (Å²) in [6, 6.07) is 44.8. The predicted octanol–water partition coefficient (Wildman–Crippen LogP) is 12.9. The molecule has 18 rings (SSSR count). The number of nitrogens with two attached hydrogens (primary N) is 3. The van der Waals surface area contributed by atoms with E-state index in [1.54, 1.807) is 13.7 Å². The molecule has 26 heteroatoms. The average molecular weight is 1480 g/mol. The van der Waals surface area contributed by atoms with E-state index in [0.717, 1.165) is 113 Å². The molecule has 6 aliphatic rings. The van der Waals surface area contributed by atoms with Gasteiger partial charge in [-0.1, -0.05) is 117 Å². The molecule has 0 saturated heterocycles. The van der Waals surface area contributed by atoms with Crippen LogP contribution in [0.1, 0.15) is 127 Å². The van der Waals surface area contributed by atoms with Crippen molar-refractivity contribution in [3.05, 3.63) is 245 Å². The number of H-pyrrole nitrogens is 3. The van der Waals surface area contributed by atoms with Crippen LogP contribution in [-0.2, 0) is 58.4 Å². The lowest BCUT2D eigenvalue weighted by Gasteiger charge is -2.26. The van der Waals surface area contributed by atoms with Gasteiger partial charge in [-0.05, 0) is 206 Å². The SMILES string of the molecule is Nc1nc2nc3c1[nH]c(=O)n3Cc1cc(cc(Oc3ccc(CCC4CC4)cc3)c1)C/C=C\CCO2.Nc1nc2nc3c1[nH]c(=O)n3Cc1cc(cc(Oc3ccc(CNC4CCC4)cc3)c1)C/C=C\CCO2.Nc1nc2nc3c1[nH]c(=O)n3Cc1cc(cc(Oc3cccc(CNC4CCC4)c3)c1)C/C=C/CCO2. The Hall–Kier alpha value is -12.3. The molecule has 3 aliphatic heterocycles. The maximum Gasteiger partial charge on any atom is 0.328 e. The molecule has 0 spiro atoms. The molecule has 0 radical (unpaired) electrons. The van der Waals surface area contributed by atoms with Gasteiger partial charge in [-0.25, -0.2) is 14.4 Å². The molecule has 3 aliphatic carbocycles. The molecule has 26 nitrogen and oxygen atoms in total. The number of hydrogen-bond donors (Lipinski definition) is 8. The third-order valence-corrected chi connectivity index (χ3v) is 20.5. The molecule has 0 unspecified atom stereocenters. The minimum absolute atomic E-state index is 0.160. The number of hydrogen-bond acceptors (Lipinski definition) is 20. The van der Waals surface area contributed by atoms with Gasteiger partial charge in [0.1, 0.15) is 51.0 Å². The molecule has 9 heterocycles. The fourth-order valence-electron chi connectivity index (χ4n) is 14.0. The first-order valence-electron chi connectivity index (χ1n) is 38.1. The lowest BCUT2D eigenvalue weighted by atomic mass is 9.93. The van der Waals surface area contributed by atoms with Gasteiger partial charge in [-0.3, -0.25) is 13.7 Å². The summed E-state index contributed by atoms with van der Waals surface area (Å²) in [6.07, 6.45) is 29.7. The Morgan fingerprint density at radius 2 is 0.782 bits per heavy atom. The van der Waals surface area contributed by atoms with Crippen LogP contribution in [0.2, 0.25) is 0 Å². The Morgan fingerprint density at radius 1 is 0.400 bits per heavy atom. The Balaban J connectivity index is 0.000000125. The highest BCUT2D eigenvalue weighted by Gasteiger charge is 2.24. The minimum Gasteiger partial charge on any atom is -0.463 e. The molecular formula is C84H89N17O9. The van der Waals surface area contributed by atoms with Crippen LogP contribution in [0.25, 0.3) is 33.5 Å². The first kappa shape index (κ1) is 71.9. The number of nitrogen functional groups attached to an aromatic ring is 3. The molecular weight excluding hydrogens is 1390 g/mol. The summed E-state index contributed by atoms with van der Waals surface area (Å²) in [7, 11) is 0. The summed E-state index contributed by atoms with van der Waals surface area (Å²) in [4.78, 5) is 72.7. The van der Waals surface area contributed by atoms with Crippen molar-refractivity contribution in [1.29, 1.82) is 0 Å². The highest BCUT2D eigenvalue weighted by molar-refractivity contribution is 5.83. The van der Waals surface area contributed by atoms with E-state index in [9.17, 15) is 14.4 Å². The number of nitrogens with zero attached hydrogens (tertiary/aromatic N) is 9. The van der Waals surface area contributed by atoms with Crippen molar-refractivity contribution >= 4 is 50.9 Å². The average Bonchev–Trinajstić information content (AvgIpc) is 1.64. The van der Waals surface area contributed by atoms with Crippen LogP contribution in [0.5, 0.6) is 52.5 Å². The summed E-state index contributed by atoms with van der Waals surface area (Å²) < 4.78 is 40.5. The number of rotatable bonds is 15. The Labute approximate surface area is 633 Å². The number of ether oxygens (including phenoxy) is 6. The number of nitrogens with one attached hydrogen (secondary N) is 5. The standard InChI is InChI=1S/2C28H30N6O3.C28H29N5O3/c29-25-24-26-33-27(32-25)36-11-3-1-2-6-18-12-20(17-34(26)28(35)31-24)15-23(13-18)37-22-10-4-7-19(14-22)16-30-21-8-5-9-21;29-25-24-26-33-27(32-25)36-12-3-1-2-5-19-13-20(17-34(26)28(35)31-24)15-23(14-19)37-22-10-8-18(9-11-22)16-30-21-6-4-7-21;29-25-24-26-32-27(31-25)35-13-3-1-2-4-20-14-21(17-33(26)28(34)30-24)16-23(15-20)36-22-11-9-19(10-12-22)8-7-18-5-6-18/h1-2,4,7,10,12-15,21,30H,3,5-6,8-9,11,16-17H2,(H,31,35)(H2,29,32,33);1-2,8-11,13-15,21,30H,3-7,12,16-17H2,(H,31,35)(H2,29,32,33);1-2,9-12,14-16,18H,3-8,13,17H2,(H,30,34)(H2,29,31,32)/b2-1+;2*2-1-. The highest BCUT2D eigenvalue weighted by Crippen LogP contribution is 2.35. The normalized spacial score (nSPS) is 16.6. The van der Waals surface area contributed by atoms with E-state index in [2.05, 4.69) is 147 Å². The van der Waals surface area contributed by atoms with Gasteiger partial charge >= 0.3 is 35.1 Å². The van der Waals surface area contributed by atoms with Crippen LogP contribution in [0.3, 0.4) is 0 Å². The molecule has 3 fully saturated rings. The quantitative estimate of drug-likeness (QED) is 0.0442. The number of benzene rings is 6. The van der Waals surface area contributed by atoms with Crippen molar-refractivity contribution in [3.63, 3.8) is 0 Å². The first-order valence-corrected chi connectivity index (χ1v) is 38.1. The van der Waals surface area contributed by atoms with Crippen LogP contribution in [0.4, 0.5) is 17.5 Å². The van der Waals surface area contributed by atoms with Crippen LogP contribution < -0.4 is 73.3 Å². The molecule has 110 heavy (non-hydrogen) atoms. The van der Waals surface area contributed by atoms with Crippen molar-refractivity contribution < 1.29 is 28.4 Å². The van der Waals surface area contributed by atoms with E-state index >= 15 is 0 Å². The van der Waals surface area contributed by atoms with Gasteiger partial charge in [0.15, 0.2) is 34.4 Å². The second-order valence-corrected chi connectivity index (χ2v) is 29.0. The fourth-order valence-corrected chi connectivity index (χ4v) is 14.0. The molecule has 564 valence electrons. The summed E-state index contributed by atoms with van der Waals surface area (Å²) in [5.41, 5.74) is 29.6. The number of aryl methyl sites for hydroxylation is 1. The first-order chi connectivity index (χ1) is 53.8. The minimum atomic E-state index is -0.306. The smallest absolute Gasteiger partial charge is 0.328 e. The van der Waals surface area contributed by atoms with Crippen molar-refractivity contribution in [2.24, 2.45) is 5.92 Å². The van der Waals surface area contributed by atoms with E-state index < -0.39 is 0 Å². The van der Waals surface area contributed by atoms with Gasteiger partial charge in [-0.2, -0.15) is 29.9 Å². The molecule has 6 aromatic heterocycles. The summed E-state index contributed by atoms with van der Waals surface area (Å²) >= 11 is 0. The van der Waals surface area contributed by atoms with Crippen LogP contribution >= 0.6 is 0 Å². The van der Waals surface area contributed by atoms with Gasteiger partial charge in [0.2, 0.25) is 0 Å². The monoisotopic (exact) mass is 1480 g/mol. The Kier molecular flexibility index (Phi) is 21.6. The maximum absolute atomic E-state index is 12.8. The number of anilines is 3. The summed E-state index contributed by atoms with van der Waals surface area (Å²) in [6.45, 7) is 3.86. The predicted molar refractivity (Wildman–Crippen MR) is 423 cm³/mol. The fraction of sp³-hybridized carbons (Fsp3) is 0.321. The third-order valence-electron chi connectivity index (χ3n) is 20.5. The van der Waals surface area contributed by atoms with Crippen molar-refractivity contribution in [1.82, 2.24) is 69.2 Å². The number of aromatic amines is 3. The molecule has 6 aromatic carbocycles. The van der Waals surface area contributed by atoms with E-state index in [0.29, 0.717) is 104 Å². The van der Waals surface area contributed by atoms with Gasteiger partial charge in [0.05, 0.1) is 39.5 Å². The molecule has 11 N–H and O–H groups in total. The van der Waals surface area contributed by atoms with E-state index in [-0.39, 0.29) is 52.6 Å². The van der Waals surface area contributed by atoms with Crippen LogP contribution in [0, 0.1) is 5.92 Å². The maximum atomic E-state index is 12.8. The third kappa shape index (κ3) is 17.9. The van der Waals surface area contributed by atoms with Gasteiger partial charge in [-0.15, -0.1) is 0 Å². The second-order valence-electron chi connectivity index (χ2n) is 29.0. The number of imidazole rings is 3. The molecule has 3 saturated carbocycles. The molecule has 12 bridgehead atoms. The Bertz CT molecular complexity index is 5590.